The summed E-state index contributed by atoms with van der Waals surface area (Å²) in [6, 6.07) is 10.7. The van der Waals surface area contributed by atoms with Crippen LogP contribution in [0.1, 0.15) is 39.5 Å². The molecule has 0 amide bonds. The second kappa shape index (κ2) is 6.69. The van der Waals surface area contributed by atoms with Crippen LogP contribution in [0, 0.1) is 0 Å². The van der Waals surface area contributed by atoms with Gasteiger partial charge in [-0.1, -0.05) is 0 Å². The molecule has 116 valence electrons. The topological polar surface area (TPSA) is 18.5 Å². The Morgan fingerprint density at radius 2 is 1.76 bits per heavy atom. The van der Waals surface area contributed by atoms with Gasteiger partial charge < -0.3 is 15.1 Å². The van der Waals surface area contributed by atoms with Gasteiger partial charge in [-0.15, -0.1) is 0 Å². The maximum Gasteiger partial charge on any atom is 0.0368 e. The second-order valence-electron chi connectivity index (χ2n) is 6.41. The minimum Gasteiger partial charge on any atom is -0.372 e. The molecule has 1 heterocycles. The predicted molar refractivity (Wildman–Crippen MR) is 91.4 cm³/mol. The van der Waals surface area contributed by atoms with E-state index < -0.39 is 0 Å². The van der Waals surface area contributed by atoms with E-state index in [0.29, 0.717) is 6.04 Å². The minimum atomic E-state index is 0.689. The van der Waals surface area contributed by atoms with Crippen molar-refractivity contribution in [2.75, 3.05) is 36.0 Å². The van der Waals surface area contributed by atoms with Gasteiger partial charge in [0.15, 0.2) is 0 Å². The molecule has 1 aromatic rings. The smallest absolute Gasteiger partial charge is 0.0368 e. The summed E-state index contributed by atoms with van der Waals surface area (Å²) in [6.07, 6.45) is 5.41. The van der Waals surface area contributed by atoms with Crippen molar-refractivity contribution in [3.05, 3.63) is 24.3 Å². The van der Waals surface area contributed by atoms with E-state index in [1.54, 1.807) is 0 Å². The van der Waals surface area contributed by atoms with Gasteiger partial charge in [-0.2, -0.15) is 0 Å². The van der Waals surface area contributed by atoms with Crippen LogP contribution in [0.25, 0.3) is 0 Å². The lowest BCUT2D eigenvalue weighted by atomic mass is 10.0. The van der Waals surface area contributed by atoms with E-state index in [1.807, 2.05) is 0 Å². The molecule has 0 spiro atoms. The van der Waals surface area contributed by atoms with Crippen molar-refractivity contribution in [3.63, 3.8) is 0 Å². The van der Waals surface area contributed by atoms with Crippen LogP contribution in [-0.4, -0.2) is 38.3 Å². The van der Waals surface area contributed by atoms with Crippen LogP contribution in [0.4, 0.5) is 11.4 Å². The van der Waals surface area contributed by atoms with E-state index in [2.05, 4.69) is 53.2 Å². The monoisotopic (exact) mass is 287 g/mol. The van der Waals surface area contributed by atoms with Gasteiger partial charge in [-0.05, 0) is 63.8 Å². The molecule has 2 fully saturated rings. The van der Waals surface area contributed by atoms with Crippen molar-refractivity contribution in [2.24, 2.45) is 0 Å². The first kappa shape index (κ1) is 14.7. The fourth-order valence-electron chi connectivity index (χ4n) is 3.39. The quantitative estimate of drug-likeness (QED) is 0.866. The number of anilines is 2. The molecular weight excluding hydrogens is 258 g/mol. The van der Waals surface area contributed by atoms with Crippen LogP contribution in [0.5, 0.6) is 0 Å². The van der Waals surface area contributed by atoms with E-state index >= 15 is 0 Å². The third kappa shape index (κ3) is 3.70. The van der Waals surface area contributed by atoms with Gasteiger partial charge in [0.1, 0.15) is 0 Å². The van der Waals surface area contributed by atoms with Gasteiger partial charge in [0, 0.05) is 49.6 Å². The molecule has 0 bridgehead atoms. The lowest BCUT2D eigenvalue weighted by Gasteiger charge is -2.35. The van der Waals surface area contributed by atoms with Crippen molar-refractivity contribution < 1.29 is 0 Å². The molecule has 1 saturated carbocycles. The summed E-state index contributed by atoms with van der Waals surface area (Å²) in [7, 11) is 0. The first-order valence-corrected chi connectivity index (χ1v) is 8.66. The van der Waals surface area contributed by atoms with Gasteiger partial charge >= 0.3 is 0 Å². The molecule has 21 heavy (non-hydrogen) atoms. The zero-order valence-electron chi connectivity index (χ0n) is 13.5. The number of hydrogen-bond acceptors (Lipinski definition) is 3. The normalized spacial score (nSPS) is 22.4. The van der Waals surface area contributed by atoms with Crippen LogP contribution in [0.3, 0.4) is 0 Å². The second-order valence-corrected chi connectivity index (χ2v) is 6.41. The van der Waals surface area contributed by atoms with Crippen molar-refractivity contribution >= 4 is 11.4 Å². The van der Waals surface area contributed by atoms with Gasteiger partial charge in [-0.25, -0.2) is 0 Å². The van der Waals surface area contributed by atoms with Crippen LogP contribution in [0.15, 0.2) is 24.3 Å². The maximum atomic E-state index is 3.79. The summed E-state index contributed by atoms with van der Waals surface area (Å²) >= 11 is 0. The highest BCUT2D eigenvalue weighted by Gasteiger charge is 2.27. The summed E-state index contributed by atoms with van der Waals surface area (Å²) in [4.78, 5) is 4.95. The van der Waals surface area contributed by atoms with Gasteiger partial charge in [-0.3, -0.25) is 0 Å². The first-order valence-electron chi connectivity index (χ1n) is 8.66. The highest BCUT2D eigenvalue weighted by atomic mass is 15.2. The maximum absolute atomic E-state index is 3.79. The van der Waals surface area contributed by atoms with E-state index in [1.165, 1.54) is 50.1 Å². The molecule has 2 aliphatic rings. The third-order valence-corrected chi connectivity index (χ3v) is 4.81. The Labute approximate surface area is 129 Å². The fraction of sp³-hybridized carbons (Fsp3) is 0.667. The molecule has 0 aromatic heterocycles. The third-order valence-electron chi connectivity index (χ3n) is 4.81. The zero-order chi connectivity index (χ0) is 14.7. The Morgan fingerprint density at radius 3 is 2.38 bits per heavy atom. The van der Waals surface area contributed by atoms with Crippen LogP contribution < -0.4 is 15.1 Å². The standard InChI is InChI=1S/C18H29N3/c1-3-20(4-2)17-9-11-18(12-10-17)21-13-5-6-16(14-21)19-15-7-8-15/h9-12,15-16,19H,3-8,13-14H2,1-2H3. The predicted octanol–water partition coefficient (Wildman–Crippen LogP) is 3.25. The van der Waals surface area contributed by atoms with Gasteiger partial charge in [0.2, 0.25) is 0 Å². The van der Waals surface area contributed by atoms with E-state index in [0.717, 1.165) is 19.1 Å². The summed E-state index contributed by atoms with van der Waals surface area (Å²) in [6.45, 7) is 8.96. The van der Waals surface area contributed by atoms with Gasteiger partial charge in [0.25, 0.3) is 0 Å². The summed E-state index contributed by atoms with van der Waals surface area (Å²) < 4.78 is 0. The van der Waals surface area contributed by atoms with Crippen molar-refractivity contribution in [1.82, 2.24) is 5.32 Å². The molecule has 1 unspecified atom stereocenters. The van der Waals surface area contributed by atoms with E-state index in [9.17, 15) is 0 Å². The SMILES string of the molecule is CCN(CC)c1ccc(N2CCCC(NC3CC3)C2)cc1. The molecule has 1 aliphatic heterocycles. The summed E-state index contributed by atoms with van der Waals surface area (Å²) in [5.74, 6) is 0. The Kier molecular flexibility index (Phi) is 4.69. The van der Waals surface area contributed by atoms with E-state index in [-0.39, 0.29) is 0 Å². The summed E-state index contributed by atoms with van der Waals surface area (Å²) in [5.41, 5.74) is 2.72. The molecule has 1 atom stereocenters. The number of benzene rings is 1. The van der Waals surface area contributed by atoms with Crippen LogP contribution in [-0.2, 0) is 0 Å². The number of piperidine rings is 1. The Morgan fingerprint density at radius 1 is 1.05 bits per heavy atom. The highest BCUT2D eigenvalue weighted by molar-refractivity contribution is 5.56. The average molecular weight is 287 g/mol. The molecule has 1 aliphatic carbocycles. The van der Waals surface area contributed by atoms with Crippen molar-refractivity contribution in [1.29, 1.82) is 0 Å². The molecule has 3 rings (SSSR count). The molecule has 1 aromatic carbocycles. The lowest BCUT2D eigenvalue weighted by molar-refractivity contribution is 0.420. The molecule has 3 nitrogen and oxygen atoms in total. The average Bonchev–Trinajstić information content (AvgIpc) is 3.33. The fourth-order valence-corrected chi connectivity index (χ4v) is 3.39. The Bertz CT molecular complexity index is 434. The van der Waals surface area contributed by atoms with Crippen LogP contribution in [0.2, 0.25) is 0 Å². The molecule has 0 radical (unpaired) electrons. The molecular formula is C18H29N3. The molecule has 1 saturated heterocycles. The number of rotatable bonds is 6. The first-order chi connectivity index (χ1) is 10.3. The van der Waals surface area contributed by atoms with Gasteiger partial charge in [0.05, 0.1) is 0 Å². The zero-order valence-corrected chi connectivity index (χ0v) is 13.5. The number of nitrogens with one attached hydrogen (secondary N) is 1. The molecule has 1 N–H and O–H groups in total. The number of hydrogen-bond donors (Lipinski definition) is 1. The largest absolute Gasteiger partial charge is 0.372 e. The van der Waals surface area contributed by atoms with Crippen molar-refractivity contribution in [2.45, 2.75) is 51.6 Å². The summed E-state index contributed by atoms with van der Waals surface area (Å²) in [5, 5.41) is 3.79. The Balaban J connectivity index is 1.62. The lowest BCUT2D eigenvalue weighted by Crippen LogP contribution is -2.46. The van der Waals surface area contributed by atoms with Crippen molar-refractivity contribution in [3.8, 4) is 0 Å². The highest BCUT2D eigenvalue weighted by Crippen LogP contribution is 2.26. The molecule has 3 heteroatoms. The van der Waals surface area contributed by atoms with Crippen LogP contribution >= 0.6 is 0 Å². The minimum absolute atomic E-state index is 0.689. The van der Waals surface area contributed by atoms with E-state index in [4.69, 9.17) is 0 Å². The Hall–Kier alpha value is -1.22. The number of nitrogens with zero attached hydrogens (tertiary/aromatic N) is 2.